The van der Waals surface area contributed by atoms with Crippen molar-refractivity contribution < 1.29 is 17.7 Å². The van der Waals surface area contributed by atoms with Crippen molar-refractivity contribution in [3.8, 4) is 11.5 Å². The van der Waals surface area contributed by atoms with E-state index < -0.39 is 9.84 Å². The fourth-order valence-corrected chi connectivity index (χ4v) is 2.85. The minimum atomic E-state index is -3.33. The number of anilines is 1. The topological polar surface area (TPSA) is 102 Å². The average molecular weight is 357 g/mol. The van der Waals surface area contributed by atoms with Crippen molar-refractivity contribution in [2.75, 3.05) is 11.6 Å². The first kappa shape index (κ1) is 16.8. The van der Waals surface area contributed by atoms with E-state index in [0.717, 1.165) is 6.26 Å². The Morgan fingerprint density at radius 1 is 1.12 bits per heavy atom. The van der Waals surface area contributed by atoms with E-state index in [1.54, 1.807) is 43.3 Å². The summed E-state index contributed by atoms with van der Waals surface area (Å²) in [5.41, 5.74) is 1.53. The Hall–Kier alpha value is -3.00. The number of benzene rings is 2. The van der Waals surface area contributed by atoms with Crippen molar-refractivity contribution in [2.45, 2.75) is 11.8 Å². The molecule has 0 saturated carbocycles. The Morgan fingerprint density at radius 2 is 1.84 bits per heavy atom. The molecule has 8 heteroatoms. The fourth-order valence-electron chi connectivity index (χ4n) is 2.19. The predicted octanol–water partition coefficient (Wildman–Crippen LogP) is 2.70. The summed E-state index contributed by atoms with van der Waals surface area (Å²) in [4.78, 5) is 16.6. The van der Waals surface area contributed by atoms with Gasteiger partial charge in [0.1, 0.15) is 0 Å². The van der Waals surface area contributed by atoms with Gasteiger partial charge >= 0.3 is 0 Å². The monoisotopic (exact) mass is 357 g/mol. The van der Waals surface area contributed by atoms with E-state index in [4.69, 9.17) is 4.52 Å². The van der Waals surface area contributed by atoms with Crippen LogP contribution in [0, 0.1) is 6.92 Å². The van der Waals surface area contributed by atoms with E-state index in [1.807, 2.05) is 0 Å². The second-order valence-corrected chi connectivity index (χ2v) is 7.49. The Bertz CT molecular complexity index is 1020. The maximum Gasteiger partial charge on any atom is 0.257 e. The summed E-state index contributed by atoms with van der Waals surface area (Å²) in [5.74, 6) is 0.562. The highest BCUT2D eigenvalue weighted by atomic mass is 32.2. The Kier molecular flexibility index (Phi) is 4.37. The van der Waals surface area contributed by atoms with Gasteiger partial charge in [0.25, 0.3) is 11.8 Å². The number of hydrogen-bond acceptors (Lipinski definition) is 6. The molecule has 1 heterocycles. The molecular formula is C17H15N3O4S. The quantitative estimate of drug-likeness (QED) is 0.770. The van der Waals surface area contributed by atoms with Gasteiger partial charge in [-0.25, -0.2) is 8.42 Å². The number of nitrogens with zero attached hydrogens (tertiary/aromatic N) is 2. The zero-order valence-corrected chi connectivity index (χ0v) is 14.4. The van der Waals surface area contributed by atoms with E-state index in [-0.39, 0.29) is 10.8 Å². The zero-order chi connectivity index (χ0) is 18.0. The number of amides is 1. The first-order valence-corrected chi connectivity index (χ1v) is 9.24. The molecule has 3 rings (SSSR count). The van der Waals surface area contributed by atoms with Crippen LogP contribution >= 0.6 is 0 Å². The van der Waals surface area contributed by atoms with Crippen molar-refractivity contribution in [3.05, 3.63) is 59.9 Å². The smallest absolute Gasteiger partial charge is 0.257 e. The van der Waals surface area contributed by atoms with E-state index in [9.17, 15) is 13.2 Å². The number of aryl methyl sites for hydroxylation is 1. The first-order valence-electron chi connectivity index (χ1n) is 7.35. The van der Waals surface area contributed by atoms with Crippen LogP contribution in [0.5, 0.6) is 0 Å². The van der Waals surface area contributed by atoms with Crippen LogP contribution in [0.3, 0.4) is 0 Å². The van der Waals surface area contributed by atoms with Crippen molar-refractivity contribution in [2.24, 2.45) is 0 Å². The largest absolute Gasteiger partial charge is 0.334 e. The van der Waals surface area contributed by atoms with Gasteiger partial charge in [-0.1, -0.05) is 11.2 Å². The van der Waals surface area contributed by atoms with Crippen LogP contribution in [0.2, 0.25) is 0 Å². The highest BCUT2D eigenvalue weighted by Crippen LogP contribution is 2.19. The number of rotatable bonds is 4. The Balaban J connectivity index is 1.78. The number of carbonyl (C=O) groups is 1. The highest BCUT2D eigenvalue weighted by molar-refractivity contribution is 7.90. The molecule has 0 unspecified atom stereocenters. The molecule has 0 fully saturated rings. The molecule has 3 aromatic rings. The van der Waals surface area contributed by atoms with Gasteiger partial charge in [-0.3, -0.25) is 4.79 Å². The van der Waals surface area contributed by atoms with Gasteiger partial charge in [0.05, 0.1) is 4.90 Å². The lowest BCUT2D eigenvalue weighted by Gasteiger charge is -2.07. The van der Waals surface area contributed by atoms with E-state index in [1.165, 1.54) is 12.1 Å². The molecule has 1 amide bonds. The summed E-state index contributed by atoms with van der Waals surface area (Å²) in [6.45, 7) is 1.72. The lowest BCUT2D eigenvalue weighted by molar-refractivity contribution is 0.102. The molecule has 7 nitrogen and oxygen atoms in total. The van der Waals surface area contributed by atoms with E-state index in [0.29, 0.717) is 28.5 Å². The summed E-state index contributed by atoms with van der Waals surface area (Å²) >= 11 is 0. The van der Waals surface area contributed by atoms with Crippen LogP contribution in [0.25, 0.3) is 11.5 Å². The van der Waals surface area contributed by atoms with Crippen LogP contribution in [0.1, 0.15) is 16.2 Å². The van der Waals surface area contributed by atoms with Gasteiger partial charge in [0.2, 0.25) is 0 Å². The van der Waals surface area contributed by atoms with Crippen molar-refractivity contribution >= 4 is 21.4 Å². The third kappa shape index (κ3) is 3.92. The molecule has 0 aliphatic rings. The predicted molar refractivity (Wildman–Crippen MR) is 92.0 cm³/mol. The number of sulfone groups is 1. The number of nitrogens with one attached hydrogen (secondary N) is 1. The van der Waals surface area contributed by atoms with E-state index >= 15 is 0 Å². The molecule has 0 aliphatic heterocycles. The maximum atomic E-state index is 12.3. The van der Waals surface area contributed by atoms with Crippen LogP contribution in [0.4, 0.5) is 5.69 Å². The number of hydrogen-bond donors (Lipinski definition) is 1. The summed E-state index contributed by atoms with van der Waals surface area (Å²) in [7, 11) is -3.33. The van der Waals surface area contributed by atoms with Crippen LogP contribution in [-0.4, -0.2) is 30.7 Å². The summed E-state index contributed by atoms with van der Waals surface area (Å²) in [6, 6.07) is 12.8. The molecule has 25 heavy (non-hydrogen) atoms. The minimum absolute atomic E-state index is 0.146. The van der Waals surface area contributed by atoms with Gasteiger partial charge in [-0.05, 0) is 49.4 Å². The molecule has 1 aromatic heterocycles. The van der Waals surface area contributed by atoms with Gasteiger partial charge in [-0.15, -0.1) is 0 Å². The third-order valence-electron chi connectivity index (χ3n) is 3.44. The molecular weight excluding hydrogens is 342 g/mol. The molecule has 0 spiro atoms. The molecule has 0 saturated heterocycles. The van der Waals surface area contributed by atoms with Gasteiger partial charge in [-0.2, -0.15) is 4.98 Å². The van der Waals surface area contributed by atoms with Gasteiger partial charge in [0, 0.05) is 23.1 Å². The third-order valence-corrected chi connectivity index (χ3v) is 4.55. The Labute approximate surface area is 144 Å². The average Bonchev–Trinajstić information content (AvgIpc) is 3.01. The lowest BCUT2D eigenvalue weighted by atomic mass is 10.1. The second kappa shape index (κ2) is 6.48. The van der Waals surface area contributed by atoms with Crippen LogP contribution < -0.4 is 5.32 Å². The SMILES string of the molecule is Cc1noc(-c2ccc(C(=O)Nc3cccc(S(C)(=O)=O)c3)cc2)n1. The minimum Gasteiger partial charge on any atom is -0.334 e. The van der Waals surface area contributed by atoms with Crippen molar-refractivity contribution in [1.29, 1.82) is 0 Å². The summed E-state index contributed by atoms with van der Waals surface area (Å²) < 4.78 is 28.2. The fraction of sp³-hybridized carbons (Fsp3) is 0.118. The van der Waals surface area contributed by atoms with Crippen molar-refractivity contribution in [3.63, 3.8) is 0 Å². The second-order valence-electron chi connectivity index (χ2n) is 5.48. The maximum absolute atomic E-state index is 12.3. The summed E-state index contributed by atoms with van der Waals surface area (Å²) in [6.07, 6.45) is 1.12. The van der Waals surface area contributed by atoms with Crippen molar-refractivity contribution in [1.82, 2.24) is 10.1 Å². The van der Waals surface area contributed by atoms with Gasteiger partial charge in [0.15, 0.2) is 15.7 Å². The first-order chi connectivity index (χ1) is 11.8. The Morgan fingerprint density at radius 3 is 2.44 bits per heavy atom. The lowest BCUT2D eigenvalue weighted by Crippen LogP contribution is -2.12. The van der Waals surface area contributed by atoms with Gasteiger partial charge < -0.3 is 9.84 Å². The molecule has 0 bridgehead atoms. The molecule has 1 N–H and O–H groups in total. The highest BCUT2D eigenvalue weighted by Gasteiger charge is 2.11. The number of aromatic nitrogens is 2. The van der Waals surface area contributed by atoms with E-state index in [2.05, 4.69) is 15.5 Å². The molecule has 2 aromatic carbocycles. The standard InChI is InChI=1S/C17H15N3O4S/c1-11-18-17(24-20-11)13-8-6-12(7-9-13)16(21)19-14-4-3-5-15(10-14)25(2,22)23/h3-10H,1-2H3,(H,19,21). The van der Waals surface area contributed by atoms with Crippen LogP contribution in [0.15, 0.2) is 57.9 Å². The molecule has 0 radical (unpaired) electrons. The summed E-state index contributed by atoms with van der Waals surface area (Å²) in [5, 5.41) is 6.40. The zero-order valence-electron chi connectivity index (χ0n) is 13.6. The normalized spacial score (nSPS) is 11.3. The molecule has 128 valence electrons. The molecule has 0 atom stereocenters. The molecule has 0 aliphatic carbocycles. The number of carbonyl (C=O) groups excluding carboxylic acids is 1. The van der Waals surface area contributed by atoms with Crippen LogP contribution in [-0.2, 0) is 9.84 Å².